The third kappa shape index (κ3) is 2.40. The normalized spacial score (nSPS) is 48.3. The van der Waals surface area contributed by atoms with E-state index >= 15 is 0 Å². The molecule has 4 nitrogen and oxygen atoms in total. The molecule has 0 amide bonds. The predicted molar refractivity (Wildman–Crippen MR) is 76.4 cm³/mol. The molecule has 4 aliphatic carbocycles. The van der Waals surface area contributed by atoms with Crippen molar-refractivity contribution in [2.24, 2.45) is 29.6 Å². The summed E-state index contributed by atoms with van der Waals surface area (Å²) in [5, 5.41) is 0. The van der Waals surface area contributed by atoms with Crippen molar-refractivity contribution in [3.63, 3.8) is 0 Å². The monoisotopic (exact) mass is 294 g/mol. The van der Waals surface area contributed by atoms with Crippen LogP contribution in [0.15, 0.2) is 0 Å². The van der Waals surface area contributed by atoms with Crippen LogP contribution < -0.4 is 0 Å². The van der Waals surface area contributed by atoms with E-state index in [1.54, 1.807) is 0 Å². The smallest absolute Gasteiger partial charge is 0.309 e. The fourth-order valence-electron chi connectivity index (χ4n) is 5.57. The number of carbonyl (C=O) groups excluding carboxylic acids is 1. The molecule has 0 aromatic heterocycles. The highest BCUT2D eigenvalue weighted by molar-refractivity contribution is 5.73. The van der Waals surface area contributed by atoms with Gasteiger partial charge in [0.25, 0.3) is 0 Å². The van der Waals surface area contributed by atoms with Crippen molar-refractivity contribution in [1.29, 1.82) is 0 Å². The standard InChI is InChI=1S/C17H26O4/c1-19-17(18)15-11-6-10-7-12(9-11)16(13(15)8-10)21-14-4-2-3-5-20-14/h10-16H,2-9H2,1H3. The molecule has 21 heavy (non-hydrogen) atoms. The first-order chi connectivity index (χ1) is 10.3. The lowest BCUT2D eigenvalue weighted by Crippen LogP contribution is -2.57. The third-order valence-electron chi connectivity index (χ3n) is 6.26. The van der Waals surface area contributed by atoms with E-state index in [2.05, 4.69) is 0 Å². The van der Waals surface area contributed by atoms with Crippen molar-refractivity contribution in [3.05, 3.63) is 0 Å². The number of rotatable bonds is 3. The average molecular weight is 294 g/mol. The summed E-state index contributed by atoms with van der Waals surface area (Å²) >= 11 is 0. The minimum absolute atomic E-state index is 0.0121. The SMILES string of the molecule is COC(=O)C1C2CC3CC(C2)C(OC2CCCCO2)C1C3. The zero-order chi connectivity index (χ0) is 14.4. The van der Waals surface area contributed by atoms with Crippen LogP contribution in [0.25, 0.3) is 0 Å². The molecule has 1 saturated heterocycles. The van der Waals surface area contributed by atoms with Crippen LogP contribution in [0.2, 0.25) is 0 Å². The van der Waals surface area contributed by atoms with Gasteiger partial charge in [-0.25, -0.2) is 0 Å². The van der Waals surface area contributed by atoms with Gasteiger partial charge in [-0.05, 0) is 68.6 Å². The van der Waals surface area contributed by atoms with E-state index in [-0.39, 0.29) is 24.3 Å². The topological polar surface area (TPSA) is 44.8 Å². The first-order valence-electron chi connectivity index (χ1n) is 8.61. The predicted octanol–water partition coefficient (Wildman–Crippen LogP) is 2.75. The molecule has 0 aromatic rings. The van der Waals surface area contributed by atoms with E-state index in [0.29, 0.717) is 17.8 Å². The van der Waals surface area contributed by atoms with Crippen molar-refractivity contribution < 1.29 is 19.0 Å². The number of methoxy groups -OCH3 is 1. The Labute approximate surface area is 126 Å². The van der Waals surface area contributed by atoms with E-state index < -0.39 is 0 Å². The van der Waals surface area contributed by atoms with Gasteiger partial charge in [-0.2, -0.15) is 0 Å². The first kappa shape index (κ1) is 14.0. The number of carbonyl (C=O) groups is 1. The highest BCUT2D eigenvalue weighted by atomic mass is 16.7. The number of esters is 1. The Balaban J connectivity index is 1.51. The van der Waals surface area contributed by atoms with Crippen LogP contribution in [-0.2, 0) is 19.0 Å². The molecule has 4 saturated carbocycles. The van der Waals surface area contributed by atoms with Gasteiger partial charge in [0.05, 0.1) is 19.1 Å². The van der Waals surface area contributed by atoms with Crippen LogP contribution in [0.3, 0.4) is 0 Å². The number of hydrogen-bond acceptors (Lipinski definition) is 4. The van der Waals surface area contributed by atoms with Crippen LogP contribution in [-0.4, -0.2) is 32.1 Å². The fraction of sp³-hybridized carbons (Fsp3) is 0.941. The molecule has 4 heteroatoms. The lowest BCUT2D eigenvalue weighted by molar-refractivity contribution is -0.248. The van der Waals surface area contributed by atoms with Crippen LogP contribution >= 0.6 is 0 Å². The maximum atomic E-state index is 12.2. The van der Waals surface area contributed by atoms with Gasteiger partial charge in [0.2, 0.25) is 0 Å². The zero-order valence-corrected chi connectivity index (χ0v) is 12.8. The summed E-state index contributed by atoms with van der Waals surface area (Å²) in [4.78, 5) is 12.2. The molecule has 0 spiro atoms. The van der Waals surface area contributed by atoms with Crippen LogP contribution in [0.4, 0.5) is 0 Å². The van der Waals surface area contributed by atoms with Crippen molar-refractivity contribution in [1.82, 2.24) is 0 Å². The second-order valence-corrected chi connectivity index (χ2v) is 7.44. The number of hydrogen-bond donors (Lipinski definition) is 0. The Morgan fingerprint density at radius 3 is 2.71 bits per heavy atom. The summed E-state index contributed by atoms with van der Waals surface area (Å²) in [6.45, 7) is 0.818. The molecular formula is C17H26O4. The molecule has 1 heterocycles. The molecule has 5 aliphatic rings. The fourth-order valence-corrected chi connectivity index (χ4v) is 5.57. The van der Waals surface area contributed by atoms with Gasteiger partial charge in [0, 0.05) is 6.61 Å². The van der Waals surface area contributed by atoms with Gasteiger partial charge in [-0.15, -0.1) is 0 Å². The van der Waals surface area contributed by atoms with Gasteiger partial charge >= 0.3 is 5.97 Å². The highest BCUT2D eigenvalue weighted by Crippen LogP contribution is 2.58. The molecule has 5 fully saturated rings. The molecule has 0 radical (unpaired) electrons. The Morgan fingerprint density at radius 2 is 1.95 bits per heavy atom. The molecule has 4 bridgehead atoms. The van der Waals surface area contributed by atoms with Crippen LogP contribution in [0.5, 0.6) is 0 Å². The lowest BCUT2D eigenvalue weighted by atomic mass is 9.50. The second-order valence-electron chi connectivity index (χ2n) is 7.44. The molecule has 1 aliphatic heterocycles. The maximum absolute atomic E-state index is 12.2. The quantitative estimate of drug-likeness (QED) is 0.751. The first-order valence-corrected chi connectivity index (χ1v) is 8.61. The minimum atomic E-state index is -0.0421. The molecular weight excluding hydrogens is 268 g/mol. The Morgan fingerprint density at radius 1 is 1.10 bits per heavy atom. The molecule has 5 rings (SSSR count). The summed E-state index contributed by atoms with van der Waals surface area (Å²) in [6.07, 6.45) is 8.31. The zero-order valence-electron chi connectivity index (χ0n) is 12.8. The van der Waals surface area contributed by atoms with E-state index in [4.69, 9.17) is 14.2 Å². The highest BCUT2D eigenvalue weighted by Gasteiger charge is 2.57. The molecule has 7 atom stereocenters. The minimum Gasteiger partial charge on any atom is -0.469 e. The van der Waals surface area contributed by atoms with Gasteiger partial charge in [0.1, 0.15) is 0 Å². The largest absolute Gasteiger partial charge is 0.469 e. The molecule has 118 valence electrons. The van der Waals surface area contributed by atoms with Gasteiger partial charge in [-0.1, -0.05) is 0 Å². The van der Waals surface area contributed by atoms with E-state index in [1.807, 2.05) is 0 Å². The average Bonchev–Trinajstić information content (AvgIpc) is 2.51. The van der Waals surface area contributed by atoms with E-state index in [1.165, 1.54) is 26.4 Å². The Hall–Kier alpha value is -0.610. The molecule has 0 aromatic carbocycles. The summed E-state index contributed by atoms with van der Waals surface area (Å²) < 4.78 is 17.2. The van der Waals surface area contributed by atoms with Crippen molar-refractivity contribution >= 4 is 5.97 Å². The lowest BCUT2D eigenvalue weighted by Gasteiger charge is -2.57. The van der Waals surface area contributed by atoms with Crippen LogP contribution in [0, 0.1) is 29.6 Å². The summed E-state index contributed by atoms with van der Waals surface area (Å²) in [7, 11) is 1.52. The summed E-state index contributed by atoms with van der Waals surface area (Å²) in [5.74, 6) is 2.40. The van der Waals surface area contributed by atoms with E-state index in [9.17, 15) is 4.79 Å². The summed E-state index contributed by atoms with van der Waals surface area (Å²) in [5.41, 5.74) is 0. The van der Waals surface area contributed by atoms with E-state index in [0.717, 1.165) is 38.2 Å². The van der Waals surface area contributed by atoms with Gasteiger partial charge < -0.3 is 14.2 Å². The van der Waals surface area contributed by atoms with Crippen molar-refractivity contribution in [2.75, 3.05) is 13.7 Å². The summed E-state index contributed by atoms with van der Waals surface area (Å²) in [6, 6.07) is 0. The van der Waals surface area contributed by atoms with Gasteiger partial charge in [0.15, 0.2) is 6.29 Å². The van der Waals surface area contributed by atoms with Gasteiger partial charge in [-0.3, -0.25) is 4.79 Å². The van der Waals surface area contributed by atoms with Crippen LogP contribution in [0.1, 0.15) is 44.9 Å². The second kappa shape index (κ2) is 5.54. The van der Waals surface area contributed by atoms with Crippen molar-refractivity contribution in [3.8, 4) is 0 Å². The molecule has 0 N–H and O–H groups in total. The third-order valence-corrected chi connectivity index (χ3v) is 6.26. The molecule has 7 unspecified atom stereocenters. The Bertz CT molecular complexity index is 404. The number of ether oxygens (including phenoxy) is 3. The Kier molecular flexibility index (Phi) is 3.70. The maximum Gasteiger partial charge on any atom is 0.309 e. The van der Waals surface area contributed by atoms with Crippen molar-refractivity contribution in [2.45, 2.75) is 57.3 Å².